The molecule has 1 N–H and O–H groups in total. The molecule has 60 heavy (non-hydrogen) atoms. The van der Waals surface area contributed by atoms with Gasteiger partial charge in [-0.15, -0.1) is 10.2 Å². The largest absolute Gasteiger partial charge is 0.444 e. The summed E-state index contributed by atoms with van der Waals surface area (Å²) in [5, 5.41) is 11.3. The first-order chi connectivity index (χ1) is 27.7. The molecular weight excluding hydrogens is 777 g/mol. The molecule has 1 saturated heterocycles. The van der Waals surface area contributed by atoms with Crippen LogP contribution in [0.25, 0.3) is 23.0 Å². The molecule has 326 valence electrons. The number of rotatable bonds is 8. The third-order valence-corrected chi connectivity index (χ3v) is 8.80. The maximum absolute atomic E-state index is 13.7. The number of alkyl carbamates (subject to hydrolysis) is 1. The molecule has 2 unspecified atom stereocenters. The van der Waals surface area contributed by atoms with Gasteiger partial charge >= 0.3 is 24.4 Å². The molecule has 1 aliphatic heterocycles. The second-order valence-corrected chi connectivity index (χ2v) is 19.1. The van der Waals surface area contributed by atoms with Gasteiger partial charge in [0.25, 0.3) is 5.89 Å². The van der Waals surface area contributed by atoms with Crippen LogP contribution >= 0.6 is 0 Å². The molecule has 2 fully saturated rings. The molecule has 18 nitrogen and oxygen atoms in total. The number of benzene rings is 1. The van der Waals surface area contributed by atoms with E-state index in [1.807, 2.05) is 0 Å². The summed E-state index contributed by atoms with van der Waals surface area (Å²) >= 11 is 0. The summed E-state index contributed by atoms with van der Waals surface area (Å²) in [4.78, 5) is 79.2. The van der Waals surface area contributed by atoms with E-state index in [1.54, 1.807) is 119 Å². The van der Waals surface area contributed by atoms with Gasteiger partial charge in [0.15, 0.2) is 11.5 Å². The number of nitrogens with zero attached hydrogens (tertiary/aromatic N) is 7. The fourth-order valence-corrected chi connectivity index (χ4v) is 6.19. The lowest BCUT2D eigenvalue weighted by Crippen LogP contribution is -2.44. The molecule has 3 atom stereocenters. The van der Waals surface area contributed by atoms with E-state index in [4.69, 9.17) is 28.3 Å². The number of hydrogen-bond donors (Lipinski definition) is 1. The summed E-state index contributed by atoms with van der Waals surface area (Å²) in [7, 11) is 1.64. The average Bonchev–Trinajstić information content (AvgIpc) is 3.49. The van der Waals surface area contributed by atoms with Gasteiger partial charge in [-0.1, -0.05) is 12.1 Å². The van der Waals surface area contributed by atoms with E-state index < -0.39 is 52.7 Å². The predicted octanol–water partition coefficient (Wildman–Crippen LogP) is 7.47. The van der Waals surface area contributed by atoms with Gasteiger partial charge in [-0.2, -0.15) is 4.90 Å². The van der Waals surface area contributed by atoms with Crippen molar-refractivity contribution in [1.82, 2.24) is 35.3 Å². The standard InChI is InChI=1S/C42H58N8O10/c1-39(2,3)57-35(52)44-26-18-19-49(23-26)34(51)28-20-27(28)29-21-43-31(50(37(54)59-41(7,8)9)38(55)60-42(10,11)12)30(45-29)33-47-46-32(56-33)25-16-14-24(15-17-25)22-48(13)36(53)58-40(4,5)6/h14-17,21,26-28H,18-20,22-23H2,1-13H3,(H,44,52)/t26-,27?,28?/m1/s1. The maximum atomic E-state index is 13.7. The second kappa shape index (κ2) is 17.0. The minimum Gasteiger partial charge on any atom is -0.444 e. The molecule has 0 radical (unpaired) electrons. The Balaban J connectivity index is 1.44. The zero-order valence-corrected chi connectivity index (χ0v) is 36.9. The molecule has 0 bridgehead atoms. The lowest BCUT2D eigenvalue weighted by atomic mass is 10.1. The molecule has 5 rings (SSSR count). The predicted molar refractivity (Wildman–Crippen MR) is 219 cm³/mol. The Kier molecular flexibility index (Phi) is 12.9. The van der Waals surface area contributed by atoms with Crippen LogP contribution in [0.2, 0.25) is 0 Å². The van der Waals surface area contributed by atoms with Crippen LogP contribution in [0.4, 0.5) is 25.0 Å². The van der Waals surface area contributed by atoms with Gasteiger partial charge < -0.3 is 38.5 Å². The van der Waals surface area contributed by atoms with Crippen molar-refractivity contribution in [2.45, 2.75) is 137 Å². The van der Waals surface area contributed by atoms with Crippen molar-refractivity contribution in [2.24, 2.45) is 5.92 Å². The van der Waals surface area contributed by atoms with E-state index in [0.717, 1.165) is 5.56 Å². The lowest BCUT2D eigenvalue weighted by molar-refractivity contribution is -0.131. The van der Waals surface area contributed by atoms with Crippen LogP contribution in [0.5, 0.6) is 0 Å². The number of likely N-dealkylation sites (tertiary alicyclic amines) is 1. The highest BCUT2D eigenvalue weighted by Crippen LogP contribution is 2.49. The fraction of sp³-hybridized carbons (Fsp3) is 0.595. The molecule has 2 aliphatic rings. The Labute approximate surface area is 350 Å². The Morgan fingerprint density at radius 2 is 1.33 bits per heavy atom. The number of carbonyl (C=O) groups excluding carboxylic acids is 5. The Hall–Kier alpha value is -5.81. The van der Waals surface area contributed by atoms with Crippen LogP contribution in [-0.2, 0) is 30.3 Å². The molecule has 1 aliphatic carbocycles. The quantitative estimate of drug-likeness (QED) is 0.219. The highest BCUT2D eigenvalue weighted by Gasteiger charge is 2.49. The number of hydrogen-bond acceptors (Lipinski definition) is 14. The number of anilines is 1. The van der Waals surface area contributed by atoms with Gasteiger partial charge in [-0.25, -0.2) is 29.1 Å². The van der Waals surface area contributed by atoms with Crippen LogP contribution in [0.1, 0.15) is 113 Å². The smallest absolute Gasteiger partial charge is 0.425 e. The zero-order valence-electron chi connectivity index (χ0n) is 36.9. The number of amides is 5. The molecule has 1 saturated carbocycles. The van der Waals surface area contributed by atoms with Crippen molar-refractivity contribution in [3.05, 3.63) is 41.7 Å². The van der Waals surface area contributed by atoms with Gasteiger partial charge in [0, 0.05) is 44.1 Å². The SMILES string of the molecule is CN(Cc1ccc(-c2nnc(-c3nc(C4CC4C(=O)N4CC[C@@H](NC(=O)OC(C)(C)C)C4)cnc3N(C(=O)OC(C)(C)C)C(=O)OC(C)(C)C)o2)cc1)C(=O)OC(C)(C)C. The Morgan fingerprint density at radius 3 is 1.90 bits per heavy atom. The van der Waals surface area contributed by atoms with Gasteiger partial charge in [-0.05, 0) is 114 Å². The Bertz CT molecular complexity index is 2050. The van der Waals surface area contributed by atoms with E-state index >= 15 is 0 Å². The molecule has 3 heterocycles. The van der Waals surface area contributed by atoms with Crippen LogP contribution in [0.15, 0.2) is 34.9 Å². The molecule has 5 amide bonds. The fourth-order valence-electron chi connectivity index (χ4n) is 6.19. The second-order valence-electron chi connectivity index (χ2n) is 19.1. The van der Waals surface area contributed by atoms with E-state index in [-0.39, 0.29) is 47.7 Å². The van der Waals surface area contributed by atoms with Gasteiger partial charge in [0.2, 0.25) is 11.8 Å². The van der Waals surface area contributed by atoms with Gasteiger partial charge in [-0.3, -0.25) is 4.79 Å². The molecule has 2 aromatic heterocycles. The molecular formula is C42H58N8O10. The number of nitrogens with one attached hydrogen (secondary N) is 1. The highest BCUT2D eigenvalue weighted by atomic mass is 16.6. The monoisotopic (exact) mass is 834 g/mol. The van der Waals surface area contributed by atoms with Crippen molar-refractivity contribution in [1.29, 1.82) is 0 Å². The minimum atomic E-state index is -1.07. The van der Waals surface area contributed by atoms with Gasteiger partial charge in [0.05, 0.1) is 17.9 Å². The summed E-state index contributed by atoms with van der Waals surface area (Å²) in [5.41, 5.74) is -1.65. The third-order valence-electron chi connectivity index (χ3n) is 8.80. The number of ether oxygens (including phenoxy) is 4. The van der Waals surface area contributed by atoms with Crippen LogP contribution < -0.4 is 10.2 Å². The summed E-state index contributed by atoms with van der Waals surface area (Å²) in [6.45, 7) is 21.7. The zero-order chi connectivity index (χ0) is 44.5. The van der Waals surface area contributed by atoms with Crippen molar-refractivity contribution >= 4 is 36.1 Å². The summed E-state index contributed by atoms with van der Waals surface area (Å²) in [6.07, 6.45) is -0.691. The average molecular weight is 835 g/mol. The van der Waals surface area contributed by atoms with Crippen LogP contribution in [0.3, 0.4) is 0 Å². The topological polar surface area (TPSA) is 209 Å². The van der Waals surface area contributed by atoms with E-state index in [2.05, 4.69) is 20.5 Å². The summed E-state index contributed by atoms with van der Waals surface area (Å²) < 4.78 is 28.2. The van der Waals surface area contributed by atoms with Crippen LogP contribution in [-0.4, -0.2) is 109 Å². The van der Waals surface area contributed by atoms with Crippen molar-refractivity contribution < 1.29 is 47.3 Å². The molecule has 3 aromatic rings. The van der Waals surface area contributed by atoms with Crippen molar-refractivity contribution in [2.75, 3.05) is 25.0 Å². The number of aromatic nitrogens is 4. The third kappa shape index (κ3) is 12.4. The molecule has 0 spiro atoms. The molecule has 18 heteroatoms. The van der Waals surface area contributed by atoms with E-state index in [9.17, 15) is 24.0 Å². The first-order valence-corrected chi connectivity index (χ1v) is 19.9. The first-order valence-electron chi connectivity index (χ1n) is 19.9. The van der Waals surface area contributed by atoms with Crippen molar-refractivity contribution in [3.8, 4) is 23.0 Å². The van der Waals surface area contributed by atoms with Gasteiger partial charge in [0.1, 0.15) is 22.4 Å². The molecule has 1 aromatic carbocycles. The van der Waals surface area contributed by atoms with Crippen molar-refractivity contribution in [3.63, 3.8) is 0 Å². The normalized spacial score (nSPS) is 18.0. The first kappa shape index (κ1) is 45.3. The lowest BCUT2D eigenvalue weighted by Gasteiger charge is -2.28. The Morgan fingerprint density at radius 1 is 0.783 bits per heavy atom. The number of imide groups is 1. The highest BCUT2D eigenvalue weighted by molar-refractivity contribution is 6.10. The van der Waals surface area contributed by atoms with Crippen LogP contribution in [0, 0.1) is 5.92 Å². The summed E-state index contributed by atoms with van der Waals surface area (Å²) in [5.74, 6) is -1.21. The minimum absolute atomic E-state index is 0.0918. The van der Waals surface area contributed by atoms with E-state index in [1.165, 1.54) is 11.1 Å². The number of carbonyl (C=O) groups is 5. The maximum Gasteiger partial charge on any atom is 0.425 e. The summed E-state index contributed by atoms with van der Waals surface area (Å²) in [6, 6.07) is 6.86. The van der Waals surface area contributed by atoms with E-state index in [0.29, 0.717) is 42.1 Å².